The third kappa shape index (κ3) is 7.40. The van der Waals surface area contributed by atoms with Crippen LogP contribution in [0.2, 0.25) is 0 Å². The number of esters is 1. The first-order chi connectivity index (χ1) is 5.16. The Morgan fingerprint density at radius 1 is 1.55 bits per heavy atom. The molecule has 0 aromatic rings. The summed E-state index contributed by atoms with van der Waals surface area (Å²) in [5.74, 6) is 0.363. The number of allylic oxidation sites excluding steroid dienone is 1. The van der Waals surface area contributed by atoms with Crippen molar-refractivity contribution < 1.29 is 9.53 Å². The summed E-state index contributed by atoms with van der Waals surface area (Å²) in [6, 6.07) is 0. The van der Waals surface area contributed by atoms with E-state index in [1.165, 1.54) is 6.92 Å². The van der Waals surface area contributed by atoms with Gasteiger partial charge in [0.25, 0.3) is 0 Å². The highest BCUT2D eigenvalue weighted by Gasteiger charge is 1.90. The minimum Gasteiger partial charge on any atom is -0.462 e. The number of ether oxygens (including phenoxy) is 1. The van der Waals surface area contributed by atoms with Gasteiger partial charge in [0.2, 0.25) is 0 Å². The largest absolute Gasteiger partial charge is 0.462 e. The van der Waals surface area contributed by atoms with Gasteiger partial charge in [0.15, 0.2) is 0 Å². The van der Waals surface area contributed by atoms with Gasteiger partial charge in [-0.3, -0.25) is 4.79 Å². The Kier molecular flexibility index (Phi) is 5.94. The maximum atomic E-state index is 10.3. The van der Waals surface area contributed by atoms with E-state index >= 15 is 0 Å². The lowest BCUT2D eigenvalue weighted by Gasteiger charge is -1.98. The van der Waals surface area contributed by atoms with Crippen LogP contribution < -0.4 is 0 Å². The first-order valence-corrected chi connectivity index (χ1v) is 4.05. The normalized spacial score (nSPS) is 11.4. The third-order valence-electron chi connectivity index (χ3n) is 1.21. The van der Waals surface area contributed by atoms with Crippen molar-refractivity contribution in [2.75, 3.05) is 12.5 Å². The molecule has 0 aliphatic heterocycles. The number of carbonyl (C=O) groups excluding carboxylic acids is 1. The fraction of sp³-hybridized carbons (Fsp3) is 0.625. The summed E-state index contributed by atoms with van der Waals surface area (Å²) in [4.78, 5) is 10.3. The lowest BCUT2D eigenvalue weighted by atomic mass is 10.2. The van der Waals surface area contributed by atoms with Gasteiger partial charge in [-0.2, -0.15) is 0 Å². The maximum absolute atomic E-state index is 10.3. The minimum atomic E-state index is -0.250. The Bertz CT molecular complexity index is 152. The van der Waals surface area contributed by atoms with Crippen LogP contribution in [0.5, 0.6) is 0 Å². The summed E-state index contributed by atoms with van der Waals surface area (Å²) in [6.07, 6.45) is 2.71. The molecule has 0 saturated carbocycles. The molecule has 0 fully saturated rings. The molecule has 64 valence electrons. The monoisotopic (exact) mass is 176 g/mol. The van der Waals surface area contributed by atoms with Crippen LogP contribution in [0.3, 0.4) is 0 Å². The summed E-state index contributed by atoms with van der Waals surface area (Å²) < 4.78 is 4.70. The fourth-order valence-electron chi connectivity index (χ4n) is 0.552. The SMILES string of the molecule is CC(=O)OC/C=C(/C)CCCl. The molecule has 11 heavy (non-hydrogen) atoms. The predicted octanol–water partition coefficient (Wildman–Crippen LogP) is 2.12. The second-order valence-electron chi connectivity index (χ2n) is 2.29. The van der Waals surface area contributed by atoms with Crippen molar-refractivity contribution in [1.82, 2.24) is 0 Å². The highest BCUT2D eigenvalue weighted by Crippen LogP contribution is 2.00. The molecule has 0 spiro atoms. The van der Waals surface area contributed by atoms with Crippen LogP contribution >= 0.6 is 11.6 Å². The van der Waals surface area contributed by atoms with E-state index in [1.54, 1.807) is 0 Å². The molecule has 2 nitrogen and oxygen atoms in total. The first-order valence-electron chi connectivity index (χ1n) is 3.51. The fourth-order valence-corrected chi connectivity index (χ4v) is 0.850. The van der Waals surface area contributed by atoms with Crippen molar-refractivity contribution in [1.29, 1.82) is 0 Å². The lowest BCUT2D eigenvalue weighted by molar-refractivity contribution is -0.139. The van der Waals surface area contributed by atoms with Crippen LogP contribution in [-0.4, -0.2) is 18.5 Å². The highest BCUT2D eigenvalue weighted by molar-refractivity contribution is 6.17. The smallest absolute Gasteiger partial charge is 0.302 e. The van der Waals surface area contributed by atoms with Gasteiger partial charge < -0.3 is 4.74 Å². The average molecular weight is 177 g/mol. The zero-order valence-corrected chi connectivity index (χ0v) is 7.65. The third-order valence-corrected chi connectivity index (χ3v) is 1.40. The van der Waals surface area contributed by atoms with Gasteiger partial charge in [-0.1, -0.05) is 5.57 Å². The van der Waals surface area contributed by atoms with Crippen LogP contribution in [0.25, 0.3) is 0 Å². The van der Waals surface area contributed by atoms with Crippen molar-refractivity contribution in [3.8, 4) is 0 Å². The molecule has 0 aliphatic rings. The molecule has 0 aromatic carbocycles. The van der Waals surface area contributed by atoms with Crippen LogP contribution in [0.1, 0.15) is 20.3 Å². The van der Waals surface area contributed by atoms with E-state index in [9.17, 15) is 4.79 Å². The highest BCUT2D eigenvalue weighted by atomic mass is 35.5. The Labute approximate surface area is 72.2 Å². The molecule has 0 aromatic heterocycles. The molecule has 0 rings (SSSR count). The molecule has 0 heterocycles. The van der Waals surface area contributed by atoms with E-state index in [0.717, 1.165) is 12.0 Å². The van der Waals surface area contributed by atoms with Crippen molar-refractivity contribution >= 4 is 17.6 Å². The second-order valence-corrected chi connectivity index (χ2v) is 2.67. The van der Waals surface area contributed by atoms with Gasteiger partial charge in [-0.15, -0.1) is 11.6 Å². The van der Waals surface area contributed by atoms with Crippen molar-refractivity contribution in [3.63, 3.8) is 0 Å². The molecule has 3 heteroatoms. The molecule has 0 atom stereocenters. The standard InChI is InChI=1S/C8H13ClO2/c1-7(3-5-9)4-6-11-8(2)10/h4H,3,5-6H2,1-2H3/b7-4-. The Morgan fingerprint density at radius 3 is 2.64 bits per heavy atom. The molecule has 0 aliphatic carbocycles. The minimum absolute atomic E-state index is 0.250. The zero-order valence-electron chi connectivity index (χ0n) is 6.89. The zero-order chi connectivity index (χ0) is 8.69. The number of halogens is 1. The van der Waals surface area contributed by atoms with E-state index in [0.29, 0.717) is 12.5 Å². The number of hydrogen-bond donors (Lipinski definition) is 0. The molecule has 0 saturated heterocycles. The number of alkyl halides is 1. The molecule has 0 radical (unpaired) electrons. The van der Waals surface area contributed by atoms with Gasteiger partial charge in [0.05, 0.1) is 0 Å². The Hall–Kier alpha value is -0.500. The Morgan fingerprint density at radius 2 is 2.18 bits per heavy atom. The average Bonchev–Trinajstić information content (AvgIpc) is 1.87. The summed E-state index contributed by atoms with van der Waals surface area (Å²) in [5.41, 5.74) is 1.15. The van der Waals surface area contributed by atoms with Gasteiger partial charge in [0.1, 0.15) is 6.61 Å². The van der Waals surface area contributed by atoms with E-state index < -0.39 is 0 Å². The molecule has 0 amide bonds. The van der Waals surface area contributed by atoms with E-state index in [1.807, 2.05) is 13.0 Å². The molecule has 0 N–H and O–H groups in total. The van der Waals surface area contributed by atoms with Gasteiger partial charge in [-0.25, -0.2) is 0 Å². The van der Waals surface area contributed by atoms with Crippen LogP contribution in [0.15, 0.2) is 11.6 Å². The quantitative estimate of drug-likeness (QED) is 0.373. The van der Waals surface area contributed by atoms with Crippen LogP contribution in [0.4, 0.5) is 0 Å². The van der Waals surface area contributed by atoms with E-state index in [2.05, 4.69) is 0 Å². The Balaban J connectivity index is 3.47. The van der Waals surface area contributed by atoms with E-state index in [4.69, 9.17) is 16.3 Å². The van der Waals surface area contributed by atoms with Crippen molar-refractivity contribution in [2.24, 2.45) is 0 Å². The first kappa shape index (κ1) is 10.5. The van der Waals surface area contributed by atoms with Gasteiger partial charge in [0, 0.05) is 12.8 Å². The van der Waals surface area contributed by atoms with E-state index in [-0.39, 0.29) is 5.97 Å². The van der Waals surface area contributed by atoms with Crippen molar-refractivity contribution in [3.05, 3.63) is 11.6 Å². The number of rotatable bonds is 4. The predicted molar refractivity (Wildman–Crippen MR) is 45.7 cm³/mol. The van der Waals surface area contributed by atoms with Gasteiger partial charge in [-0.05, 0) is 19.4 Å². The molecular weight excluding hydrogens is 164 g/mol. The second kappa shape index (κ2) is 6.23. The van der Waals surface area contributed by atoms with Crippen LogP contribution in [-0.2, 0) is 9.53 Å². The summed E-state index contributed by atoms with van der Waals surface area (Å²) in [6.45, 7) is 3.72. The summed E-state index contributed by atoms with van der Waals surface area (Å²) >= 11 is 5.49. The van der Waals surface area contributed by atoms with Gasteiger partial charge >= 0.3 is 5.97 Å². The summed E-state index contributed by atoms with van der Waals surface area (Å²) in [5, 5.41) is 0. The number of carbonyl (C=O) groups is 1. The lowest BCUT2D eigenvalue weighted by Crippen LogP contribution is -1.98. The molecule has 0 unspecified atom stereocenters. The summed E-state index contributed by atoms with van der Waals surface area (Å²) in [7, 11) is 0. The topological polar surface area (TPSA) is 26.3 Å². The van der Waals surface area contributed by atoms with Crippen LogP contribution in [0, 0.1) is 0 Å². The maximum Gasteiger partial charge on any atom is 0.302 e. The van der Waals surface area contributed by atoms with Crippen molar-refractivity contribution in [2.45, 2.75) is 20.3 Å². The molecule has 0 bridgehead atoms. The molecular formula is C8H13ClO2. The number of hydrogen-bond acceptors (Lipinski definition) is 2.